The minimum Gasteiger partial charge on any atom is -0.504 e. The molecule has 0 aromatic heterocycles. The summed E-state index contributed by atoms with van der Waals surface area (Å²) in [5.74, 6) is -0.181. The Labute approximate surface area is 70.8 Å². The van der Waals surface area contributed by atoms with Crippen LogP contribution < -0.4 is 5.43 Å². The van der Waals surface area contributed by atoms with Crippen LogP contribution in [0.3, 0.4) is 0 Å². The Balaban J connectivity index is 3.31. The number of rotatable bonds is 2. The summed E-state index contributed by atoms with van der Waals surface area (Å²) in [6, 6.07) is 6.37. The highest BCUT2D eigenvalue weighted by Crippen LogP contribution is 2.09. The molecule has 0 atom stereocenters. The van der Waals surface area contributed by atoms with Crippen molar-refractivity contribution in [2.75, 3.05) is 0 Å². The Kier molecular flexibility index (Phi) is 2.64. The smallest absolute Gasteiger partial charge is 0.220 e. The van der Waals surface area contributed by atoms with Crippen molar-refractivity contribution in [3.05, 3.63) is 52.7 Å². The fourth-order valence-electron chi connectivity index (χ4n) is 0.951. The lowest BCUT2D eigenvalue weighted by molar-refractivity contribution is 0.465. The predicted molar refractivity (Wildman–Crippen MR) is 48.3 cm³/mol. The first-order valence-electron chi connectivity index (χ1n) is 3.68. The van der Waals surface area contributed by atoms with Gasteiger partial charge in [0.2, 0.25) is 5.43 Å². The highest BCUT2D eigenvalue weighted by Gasteiger charge is 1.99. The molecule has 0 aliphatic carbocycles. The molecule has 0 saturated carbocycles. The Morgan fingerprint density at radius 1 is 1.42 bits per heavy atom. The molecule has 0 radical (unpaired) electrons. The first kappa shape index (κ1) is 8.53. The zero-order valence-corrected chi connectivity index (χ0v) is 6.66. The molecule has 62 valence electrons. The van der Waals surface area contributed by atoms with Crippen LogP contribution in [0.25, 0.3) is 0 Å². The van der Waals surface area contributed by atoms with Gasteiger partial charge in [-0.3, -0.25) is 4.79 Å². The van der Waals surface area contributed by atoms with E-state index in [4.69, 9.17) is 0 Å². The maximum atomic E-state index is 11.0. The minimum absolute atomic E-state index is 0.181. The third-order valence-electron chi connectivity index (χ3n) is 1.56. The third kappa shape index (κ3) is 1.72. The van der Waals surface area contributed by atoms with Gasteiger partial charge in [0.15, 0.2) is 5.75 Å². The van der Waals surface area contributed by atoms with Crippen molar-refractivity contribution in [2.45, 2.75) is 6.42 Å². The molecule has 0 heterocycles. The summed E-state index contributed by atoms with van der Waals surface area (Å²) in [6.45, 7) is 3.53. The SMILES string of the molecule is C=CCc1ccccc(=O)c1O. The van der Waals surface area contributed by atoms with E-state index in [1.54, 1.807) is 24.3 Å². The second-order valence-corrected chi connectivity index (χ2v) is 2.45. The fraction of sp³-hybridized carbons (Fsp3) is 0.100. The lowest BCUT2D eigenvalue weighted by atomic mass is 10.2. The Bertz CT molecular complexity index is 342. The molecule has 1 aromatic rings. The van der Waals surface area contributed by atoms with Crippen LogP contribution in [-0.4, -0.2) is 5.11 Å². The molecule has 12 heavy (non-hydrogen) atoms. The van der Waals surface area contributed by atoms with E-state index >= 15 is 0 Å². The van der Waals surface area contributed by atoms with Crippen molar-refractivity contribution in [1.29, 1.82) is 0 Å². The van der Waals surface area contributed by atoms with Gasteiger partial charge in [-0.2, -0.15) is 0 Å². The molecule has 0 fully saturated rings. The quantitative estimate of drug-likeness (QED) is 0.669. The molecule has 0 unspecified atom stereocenters. The molecular formula is C10H10O2. The van der Waals surface area contributed by atoms with Crippen molar-refractivity contribution >= 4 is 0 Å². The number of allylic oxidation sites excluding steroid dienone is 1. The monoisotopic (exact) mass is 162 g/mol. The van der Waals surface area contributed by atoms with Gasteiger partial charge in [-0.1, -0.05) is 24.3 Å². The van der Waals surface area contributed by atoms with Crippen LogP contribution in [0.1, 0.15) is 5.56 Å². The highest BCUT2D eigenvalue weighted by atomic mass is 16.3. The fourth-order valence-corrected chi connectivity index (χ4v) is 0.951. The average Bonchev–Trinajstić information content (AvgIpc) is 2.20. The van der Waals surface area contributed by atoms with Crippen molar-refractivity contribution in [3.63, 3.8) is 0 Å². The molecule has 0 spiro atoms. The van der Waals surface area contributed by atoms with Crippen LogP contribution in [-0.2, 0) is 6.42 Å². The van der Waals surface area contributed by atoms with E-state index in [0.29, 0.717) is 12.0 Å². The van der Waals surface area contributed by atoms with Gasteiger partial charge in [0, 0.05) is 5.56 Å². The summed E-state index contributed by atoms with van der Waals surface area (Å²) < 4.78 is 0. The lowest BCUT2D eigenvalue weighted by Crippen LogP contribution is -1.95. The molecule has 0 amide bonds. The Morgan fingerprint density at radius 2 is 2.08 bits per heavy atom. The molecule has 2 heteroatoms. The summed E-state index contributed by atoms with van der Waals surface area (Å²) in [4.78, 5) is 11.0. The van der Waals surface area contributed by atoms with Gasteiger partial charge in [-0.15, -0.1) is 6.58 Å². The largest absolute Gasteiger partial charge is 0.504 e. The summed E-state index contributed by atoms with van der Waals surface area (Å²) >= 11 is 0. The molecule has 0 bridgehead atoms. The summed E-state index contributed by atoms with van der Waals surface area (Å²) in [5.41, 5.74) is 0.261. The topological polar surface area (TPSA) is 37.3 Å². The average molecular weight is 162 g/mol. The van der Waals surface area contributed by atoms with Crippen molar-refractivity contribution in [1.82, 2.24) is 0 Å². The summed E-state index contributed by atoms with van der Waals surface area (Å²) in [5, 5.41) is 9.33. The molecule has 0 saturated heterocycles. The second kappa shape index (κ2) is 3.72. The van der Waals surface area contributed by atoms with E-state index in [1.807, 2.05) is 0 Å². The molecule has 1 N–H and O–H groups in total. The number of hydrogen-bond donors (Lipinski definition) is 1. The Morgan fingerprint density at radius 3 is 2.75 bits per heavy atom. The Hall–Kier alpha value is -1.57. The van der Waals surface area contributed by atoms with Crippen molar-refractivity contribution in [3.8, 4) is 5.75 Å². The van der Waals surface area contributed by atoms with Gasteiger partial charge in [0.05, 0.1) is 0 Å². The van der Waals surface area contributed by atoms with Crippen LogP contribution in [0.15, 0.2) is 41.7 Å². The molecule has 2 nitrogen and oxygen atoms in total. The van der Waals surface area contributed by atoms with Crippen LogP contribution in [0.4, 0.5) is 0 Å². The molecule has 1 rings (SSSR count). The molecule has 0 aliphatic heterocycles. The molecular weight excluding hydrogens is 152 g/mol. The van der Waals surface area contributed by atoms with Gasteiger partial charge in [-0.05, 0) is 12.5 Å². The number of aromatic hydroxyl groups is 1. The van der Waals surface area contributed by atoms with Crippen LogP contribution in [0.2, 0.25) is 0 Å². The highest BCUT2D eigenvalue weighted by molar-refractivity contribution is 5.31. The zero-order chi connectivity index (χ0) is 8.97. The van der Waals surface area contributed by atoms with Crippen LogP contribution >= 0.6 is 0 Å². The normalized spacial score (nSPS) is 9.33. The summed E-state index contributed by atoms with van der Waals surface area (Å²) in [7, 11) is 0. The van der Waals surface area contributed by atoms with Crippen LogP contribution in [0.5, 0.6) is 5.75 Å². The maximum Gasteiger partial charge on any atom is 0.220 e. The van der Waals surface area contributed by atoms with Gasteiger partial charge in [-0.25, -0.2) is 0 Å². The van der Waals surface area contributed by atoms with E-state index in [-0.39, 0.29) is 11.2 Å². The zero-order valence-electron chi connectivity index (χ0n) is 6.66. The molecule has 1 aromatic carbocycles. The standard InChI is InChI=1S/C10H10O2/c1-2-5-8-6-3-4-7-9(11)10(8)12/h2-4,6-7H,1,5H2,(H,11,12). The minimum atomic E-state index is -0.350. The van der Waals surface area contributed by atoms with Crippen molar-refractivity contribution in [2.24, 2.45) is 0 Å². The van der Waals surface area contributed by atoms with Crippen LogP contribution in [0, 0.1) is 0 Å². The van der Waals surface area contributed by atoms with E-state index in [2.05, 4.69) is 6.58 Å². The first-order chi connectivity index (χ1) is 5.75. The van der Waals surface area contributed by atoms with E-state index in [9.17, 15) is 9.90 Å². The predicted octanol–water partition coefficient (Wildman–Crippen LogP) is 1.48. The lowest BCUT2D eigenvalue weighted by Gasteiger charge is -1.93. The van der Waals surface area contributed by atoms with Gasteiger partial charge < -0.3 is 5.11 Å². The first-order valence-corrected chi connectivity index (χ1v) is 3.68. The van der Waals surface area contributed by atoms with E-state index in [1.165, 1.54) is 6.07 Å². The van der Waals surface area contributed by atoms with E-state index < -0.39 is 0 Å². The third-order valence-corrected chi connectivity index (χ3v) is 1.56. The summed E-state index contributed by atoms with van der Waals surface area (Å²) in [6.07, 6.45) is 2.16. The maximum absolute atomic E-state index is 11.0. The number of hydrogen-bond acceptors (Lipinski definition) is 2. The molecule has 0 aliphatic rings. The van der Waals surface area contributed by atoms with E-state index in [0.717, 1.165) is 0 Å². The van der Waals surface area contributed by atoms with Crippen molar-refractivity contribution < 1.29 is 5.11 Å². The van der Waals surface area contributed by atoms with Gasteiger partial charge >= 0.3 is 0 Å². The van der Waals surface area contributed by atoms with Gasteiger partial charge in [0.1, 0.15) is 0 Å². The second-order valence-electron chi connectivity index (χ2n) is 2.45. The van der Waals surface area contributed by atoms with Gasteiger partial charge in [0.25, 0.3) is 0 Å².